The molecule has 0 N–H and O–H groups in total. The molecule has 0 bridgehead atoms. The summed E-state index contributed by atoms with van der Waals surface area (Å²) in [6, 6.07) is 7.21. The Morgan fingerprint density at radius 1 is 1.24 bits per heavy atom. The fraction of sp³-hybridized carbons (Fsp3) is 0.385. The zero-order chi connectivity index (χ0) is 15.3. The number of hydrogen-bond acceptors (Lipinski definition) is 6. The molecule has 21 heavy (non-hydrogen) atoms. The molecule has 2 rings (SSSR count). The predicted molar refractivity (Wildman–Crippen MR) is 77.3 cm³/mol. The van der Waals surface area contributed by atoms with Crippen LogP contribution in [0.25, 0.3) is 10.9 Å². The first kappa shape index (κ1) is 15.7. The van der Waals surface area contributed by atoms with Crippen molar-refractivity contribution in [2.45, 2.75) is 13.8 Å². The van der Waals surface area contributed by atoms with E-state index in [1.807, 2.05) is 12.1 Å². The molecule has 0 aliphatic carbocycles. The van der Waals surface area contributed by atoms with Crippen LogP contribution in [0.2, 0.25) is 0 Å². The molecule has 0 aliphatic heterocycles. The zero-order valence-corrected chi connectivity index (χ0v) is 12.8. The van der Waals surface area contributed by atoms with Crippen molar-refractivity contribution in [2.75, 3.05) is 19.6 Å². The van der Waals surface area contributed by atoms with Crippen LogP contribution in [-0.4, -0.2) is 35.4 Å². The Morgan fingerprint density at radius 2 is 1.90 bits per heavy atom. The highest BCUT2D eigenvalue weighted by molar-refractivity contribution is 7.53. The zero-order valence-electron chi connectivity index (χ0n) is 11.9. The second-order valence-electron chi connectivity index (χ2n) is 4.10. The molecule has 8 heteroatoms. The number of benzene rings is 1. The van der Waals surface area contributed by atoms with Gasteiger partial charge in [-0.25, -0.2) is 4.79 Å². The molecule has 7 nitrogen and oxygen atoms in total. The van der Waals surface area contributed by atoms with Crippen LogP contribution < -0.4 is 0 Å². The fourth-order valence-corrected chi connectivity index (χ4v) is 3.10. The van der Waals surface area contributed by atoms with Crippen LogP contribution in [0.5, 0.6) is 0 Å². The van der Waals surface area contributed by atoms with E-state index >= 15 is 0 Å². The summed E-state index contributed by atoms with van der Waals surface area (Å²) in [7, 11) is -3.42. The molecule has 0 aliphatic rings. The number of ether oxygens (including phenoxy) is 1. The number of para-hydroxylation sites is 1. The molecule has 0 atom stereocenters. The van der Waals surface area contributed by atoms with Gasteiger partial charge >= 0.3 is 13.7 Å². The highest BCUT2D eigenvalue weighted by atomic mass is 31.2. The molecule has 0 saturated heterocycles. The number of aromatic nitrogens is 2. The van der Waals surface area contributed by atoms with Crippen molar-refractivity contribution >= 4 is 24.6 Å². The van der Waals surface area contributed by atoms with Crippen molar-refractivity contribution in [3.63, 3.8) is 0 Å². The van der Waals surface area contributed by atoms with E-state index in [2.05, 4.69) is 5.10 Å². The average Bonchev–Trinajstić information content (AvgIpc) is 2.89. The van der Waals surface area contributed by atoms with Gasteiger partial charge in [-0.15, -0.1) is 0 Å². The Kier molecular flexibility index (Phi) is 5.12. The highest BCUT2D eigenvalue weighted by Crippen LogP contribution is 2.47. The van der Waals surface area contributed by atoms with Crippen molar-refractivity contribution in [3.8, 4) is 0 Å². The van der Waals surface area contributed by atoms with Crippen molar-refractivity contribution in [3.05, 3.63) is 30.5 Å². The number of fused-ring (bicyclic) bond motifs is 1. The predicted octanol–water partition coefficient (Wildman–Crippen LogP) is 3.24. The quantitative estimate of drug-likeness (QED) is 0.762. The molecule has 114 valence electrons. The summed E-state index contributed by atoms with van der Waals surface area (Å²) in [6.07, 6.45) is 0.388. The minimum atomic E-state index is -3.42. The molecular weight excluding hydrogens is 295 g/mol. The lowest BCUT2D eigenvalue weighted by molar-refractivity contribution is 0.141. The van der Waals surface area contributed by atoms with E-state index in [1.54, 1.807) is 32.2 Å². The van der Waals surface area contributed by atoms with Crippen molar-refractivity contribution < 1.29 is 23.1 Å². The summed E-state index contributed by atoms with van der Waals surface area (Å²) in [5.74, 6) is 0. The minimum Gasteiger partial charge on any atom is -0.435 e. The van der Waals surface area contributed by atoms with Crippen molar-refractivity contribution in [1.82, 2.24) is 9.78 Å². The second-order valence-corrected chi connectivity index (χ2v) is 6.10. The monoisotopic (exact) mass is 312 g/mol. The standard InChI is InChI=1S/C13H17N2O5P/c1-3-19-21(17,20-4-2)10-18-13(16)15-12-8-6-5-7-11(12)9-14-15/h5-9H,3-4,10H2,1-2H3. The highest BCUT2D eigenvalue weighted by Gasteiger charge is 2.26. The number of rotatable bonds is 6. The Morgan fingerprint density at radius 3 is 2.57 bits per heavy atom. The maximum Gasteiger partial charge on any atom is 0.435 e. The molecule has 1 heterocycles. The van der Waals surface area contributed by atoms with Crippen LogP contribution in [0, 0.1) is 0 Å². The van der Waals surface area contributed by atoms with Crippen LogP contribution in [0.15, 0.2) is 30.5 Å². The molecule has 0 radical (unpaired) electrons. The lowest BCUT2D eigenvalue weighted by Crippen LogP contribution is -2.16. The van der Waals surface area contributed by atoms with Gasteiger partial charge in [0.05, 0.1) is 24.9 Å². The summed E-state index contributed by atoms with van der Waals surface area (Å²) < 4.78 is 28.4. The Hall–Kier alpha value is -1.69. The van der Waals surface area contributed by atoms with Gasteiger partial charge in [-0.05, 0) is 19.9 Å². The van der Waals surface area contributed by atoms with E-state index < -0.39 is 20.0 Å². The topological polar surface area (TPSA) is 79.7 Å². The van der Waals surface area contributed by atoms with Gasteiger partial charge in [-0.3, -0.25) is 4.57 Å². The first-order chi connectivity index (χ1) is 10.1. The number of nitrogens with zero attached hydrogens (tertiary/aromatic N) is 2. The van der Waals surface area contributed by atoms with Crippen LogP contribution in [0.4, 0.5) is 4.79 Å². The first-order valence-corrected chi connectivity index (χ1v) is 8.30. The largest absolute Gasteiger partial charge is 0.435 e. The van der Waals surface area contributed by atoms with Gasteiger partial charge in [0.1, 0.15) is 0 Å². The van der Waals surface area contributed by atoms with E-state index in [0.717, 1.165) is 10.1 Å². The molecule has 0 unspecified atom stereocenters. The number of carbonyl (C=O) groups excluding carboxylic acids is 1. The fourth-order valence-electron chi connectivity index (χ4n) is 1.82. The minimum absolute atomic E-state index is 0.208. The summed E-state index contributed by atoms with van der Waals surface area (Å²) in [5.41, 5.74) is 0.616. The van der Waals surface area contributed by atoms with Gasteiger partial charge in [0.2, 0.25) is 0 Å². The van der Waals surface area contributed by atoms with Crippen LogP contribution in [0.1, 0.15) is 13.8 Å². The third-order valence-electron chi connectivity index (χ3n) is 2.65. The van der Waals surface area contributed by atoms with Crippen LogP contribution >= 0.6 is 7.60 Å². The number of carbonyl (C=O) groups is 1. The molecule has 1 aromatic heterocycles. The van der Waals surface area contributed by atoms with E-state index in [0.29, 0.717) is 5.52 Å². The molecule has 0 amide bonds. The van der Waals surface area contributed by atoms with E-state index in [-0.39, 0.29) is 13.2 Å². The smallest absolute Gasteiger partial charge is 0.435 e. The summed E-state index contributed by atoms with van der Waals surface area (Å²) in [5, 5.41) is 4.77. The SMILES string of the molecule is CCOP(=O)(COC(=O)n1ncc2ccccc21)OCC. The van der Waals surface area contributed by atoms with E-state index in [4.69, 9.17) is 13.8 Å². The molecule has 1 aromatic carbocycles. The maximum absolute atomic E-state index is 12.2. The lowest BCUT2D eigenvalue weighted by Gasteiger charge is -2.16. The van der Waals surface area contributed by atoms with Gasteiger partial charge in [0.25, 0.3) is 0 Å². The van der Waals surface area contributed by atoms with Crippen LogP contribution in [-0.2, 0) is 18.3 Å². The Balaban J connectivity index is 2.09. The summed E-state index contributed by atoms with van der Waals surface area (Å²) >= 11 is 0. The van der Waals surface area contributed by atoms with Gasteiger partial charge in [-0.1, -0.05) is 18.2 Å². The van der Waals surface area contributed by atoms with Gasteiger partial charge in [-0.2, -0.15) is 9.78 Å². The molecular formula is C13H17N2O5P. The number of hydrogen-bond donors (Lipinski definition) is 0. The van der Waals surface area contributed by atoms with Gasteiger partial charge in [0.15, 0.2) is 6.35 Å². The van der Waals surface area contributed by atoms with E-state index in [9.17, 15) is 9.36 Å². The molecule has 2 aromatic rings. The third kappa shape index (κ3) is 3.69. The molecule has 0 saturated carbocycles. The maximum atomic E-state index is 12.2. The molecule has 0 spiro atoms. The second kappa shape index (κ2) is 6.85. The third-order valence-corrected chi connectivity index (χ3v) is 4.40. The van der Waals surface area contributed by atoms with Crippen molar-refractivity contribution in [2.24, 2.45) is 0 Å². The normalized spacial score (nSPS) is 11.7. The first-order valence-electron chi connectivity index (χ1n) is 6.57. The molecule has 0 fully saturated rings. The van der Waals surface area contributed by atoms with Crippen LogP contribution in [0.3, 0.4) is 0 Å². The van der Waals surface area contributed by atoms with Crippen molar-refractivity contribution in [1.29, 1.82) is 0 Å². The van der Waals surface area contributed by atoms with E-state index in [1.165, 1.54) is 0 Å². The van der Waals surface area contributed by atoms with Gasteiger partial charge in [0, 0.05) is 5.39 Å². The Labute approximate surface area is 122 Å². The Bertz CT molecular complexity index is 659. The summed E-state index contributed by atoms with van der Waals surface area (Å²) in [4.78, 5) is 12.0. The lowest BCUT2D eigenvalue weighted by atomic mass is 10.3. The average molecular weight is 312 g/mol. The van der Waals surface area contributed by atoms with Gasteiger partial charge < -0.3 is 13.8 Å². The summed E-state index contributed by atoms with van der Waals surface area (Å²) in [6.45, 7) is 3.79.